The molecule has 0 unspecified atom stereocenters. The molecule has 0 aliphatic carbocycles. The van der Waals surface area contributed by atoms with Crippen LogP contribution in [0.5, 0.6) is 0 Å². The van der Waals surface area contributed by atoms with Gasteiger partial charge in [0.2, 0.25) is 0 Å². The van der Waals surface area contributed by atoms with Crippen molar-refractivity contribution in [3.63, 3.8) is 0 Å². The summed E-state index contributed by atoms with van der Waals surface area (Å²) in [6.07, 6.45) is 3.54. The summed E-state index contributed by atoms with van der Waals surface area (Å²) in [5, 5.41) is 0. The SMILES string of the molecule is [CH]1CCSc2ccccc21. The lowest BCUT2D eigenvalue weighted by atomic mass is 10.1. The van der Waals surface area contributed by atoms with Crippen molar-refractivity contribution in [1.82, 2.24) is 0 Å². The zero-order chi connectivity index (χ0) is 6.81. The Morgan fingerprint density at radius 2 is 2.10 bits per heavy atom. The van der Waals surface area contributed by atoms with Crippen LogP contribution >= 0.6 is 11.8 Å². The van der Waals surface area contributed by atoms with Gasteiger partial charge in [0.1, 0.15) is 0 Å². The largest absolute Gasteiger partial charge is 0.126 e. The fraction of sp³-hybridized carbons (Fsp3) is 0.222. The minimum absolute atomic E-state index is 1.22. The number of hydrogen-bond acceptors (Lipinski definition) is 1. The van der Waals surface area contributed by atoms with Crippen molar-refractivity contribution < 1.29 is 0 Å². The lowest BCUT2D eigenvalue weighted by Crippen LogP contribution is -1.94. The Labute approximate surface area is 65.6 Å². The van der Waals surface area contributed by atoms with Gasteiger partial charge in [0.15, 0.2) is 0 Å². The molecule has 0 nitrogen and oxygen atoms in total. The molecule has 1 radical (unpaired) electrons. The van der Waals surface area contributed by atoms with Crippen LogP contribution < -0.4 is 0 Å². The fourth-order valence-electron chi connectivity index (χ4n) is 1.16. The molecule has 0 saturated heterocycles. The molecule has 0 aromatic heterocycles. The minimum atomic E-state index is 1.22. The number of fused-ring (bicyclic) bond motifs is 1. The van der Waals surface area contributed by atoms with Crippen LogP contribution in [0.15, 0.2) is 29.2 Å². The average Bonchev–Trinajstić information content (AvgIpc) is 2.05. The van der Waals surface area contributed by atoms with Crippen LogP contribution in [0.3, 0.4) is 0 Å². The van der Waals surface area contributed by atoms with Crippen molar-refractivity contribution >= 4 is 11.8 Å². The lowest BCUT2D eigenvalue weighted by Gasteiger charge is -2.12. The van der Waals surface area contributed by atoms with Gasteiger partial charge in [0.25, 0.3) is 0 Å². The van der Waals surface area contributed by atoms with E-state index in [9.17, 15) is 0 Å². The molecule has 0 atom stereocenters. The van der Waals surface area contributed by atoms with Gasteiger partial charge in [-0.25, -0.2) is 0 Å². The summed E-state index contributed by atoms with van der Waals surface area (Å²) < 4.78 is 0. The third-order valence-corrected chi connectivity index (χ3v) is 2.78. The van der Waals surface area contributed by atoms with Gasteiger partial charge in [-0.3, -0.25) is 0 Å². The van der Waals surface area contributed by atoms with Gasteiger partial charge in [-0.15, -0.1) is 11.8 Å². The van der Waals surface area contributed by atoms with Crippen LogP contribution in [0, 0.1) is 6.42 Å². The van der Waals surface area contributed by atoms with Crippen LogP contribution in [-0.4, -0.2) is 5.75 Å². The van der Waals surface area contributed by atoms with Gasteiger partial charge in [-0.1, -0.05) is 18.2 Å². The molecule has 2 rings (SSSR count). The Bertz CT molecular complexity index is 205. The summed E-state index contributed by atoms with van der Waals surface area (Å²) in [7, 11) is 0. The third kappa shape index (κ3) is 1.06. The van der Waals surface area contributed by atoms with Gasteiger partial charge in [-0.2, -0.15) is 0 Å². The van der Waals surface area contributed by atoms with E-state index in [0.29, 0.717) is 0 Å². The first-order valence-corrected chi connectivity index (χ1v) is 4.50. The minimum Gasteiger partial charge on any atom is -0.126 e. The van der Waals surface area contributed by atoms with E-state index in [1.807, 2.05) is 11.8 Å². The van der Waals surface area contributed by atoms with E-state index >= 15 is 0 Å². The second-order valence-electron chi connectivity index (χ2n) is 2.38. The molecule has 0 spiro atoms. The second-order valence-corrected chi connectivity index (χ2v) is 3.52. The maximum atomic E-state index is 2.31. The first-order chi connectivity index (χ1) is 4.97. The molecule has 1 aliphatic rings. The average molecular weight is 149 g/mol. The standard InChI is InChI=1S/C9H9S/c1-2-6-9-8(4-1)5-3-7-10-9/h1-2,4-6H,3,7H2. The Balaban J connectivity index is 2.41. The van der Waals surface area contributed by atoms with E-state index in [2.05, 4.69) is 30.7 Å². The zero-order valence-electron chi connectivity index (χ0n) is 5.71. The van der Waals surface area contributed by atoms with Crippen molar-refractivity contribution in [2.45, 2.75) is 11.3 Å². The maximum absolute atomic E-state index is 2.31. The van der Waals surface area contributed by atoms with Crippen molar-refractivity contribution in [3.05, 3.63) is 36.2 Å². The first kappa shape index (κ1) is 6.29. The summed E-state index contributed by atoms with van der Waals surface area (Å²) in [4.78, 5) is 1.44. The quantitative estimate of drug-likeness (QED) is 0.546. The predicted octanol–water partition coefficient (Wildman–Crippen LogP) is 2.73. The second kappa shape index (κ2) is 2.67. The van der Waals surface area contributed by atoms with E-state index in [0.717, 1.165) is 0 Å². The molecule has 1 heteroatoms. The van der Waals surface area contributed by atoms with E-state index in [-0.39, 0.29) is 0 Å². The Morgan fingerprint density at radius 1 is 1.20 bits per heavy atom. The molecule has 0 fully saturated rings. The number of thioether (sulfide) groups is 1. The molecule has 1 aromatic rings. The molecule has 0 bridgehead atoms. The molecule has 51 valence electrons. The highest BCUT2D eigenvalue weighted by atomic mass is 32.2. The summed E-state index contributed by atoms with van der Waals surface area (Å²) in [6.45, 7) is 0. The molecule has 0 N–H and O–H groups in total. The number of rotatable bonds is 0. The first-order valence-electron chi connectivity index (χ1n) is 3.52. The molecular formula is C9H9S. The van der Waals surface area contributed by atoms with Crippen LogP contribution in [0.25, 0.3) is 0 Å². The van der Waals surface area contributed by atoms with Gasteiger partial charge in [0, 0.05) is 4.90 Å². The predicted molar refractivity (Wildman–Crippen MR) is 45.2 cm³/mol. The molecule has 0 saturated carbocycles. The van der Waals surface area contributed by atoms with Gasteiger partial charge in [0.05, 0.1) is 0 Å². The van der Waals surface area contributed by atoms with E-state index in [4.69, 9.17) is 0 Å². The van der Waals surface area contributed by atoms with Gasteiger partial charge < -0.3 is 0 Å². The van der Waals surface area contributed by atoms with E-state index in [1.165, 1.54) is 22.6 Å². The number of benzene rings is 1. The molecule has 0 amide bonds. The molecule has 10 heavy (non-hydrogen) atoms. The van der Waals surface area contributed by atoms with E-state index < -0.39 is 0 Å². The normalized spacial score (nSPS) is 16.4. The van der Waals surface area contributed by atoms with Crippen molar-refractivity contribution in [2.75, 3.05) is 5.75 Å². The molecule has 1 aliphatic heterocycles. The lowest BCUT2D eigenvalue weighted by molar-refractivity contribution is 1.08. The highest BCUT2D eigenvalue weighted by molar-refractivity contribution is 7.99. The smallest absolute Gasteiger partial charge is 0.0107 e. The fourth-order valence-corrected chi connectivity index (χ4v) is 2.11. The maximum Gasteiger partial charge on any atom is 0.0107 e. The van der Waals surface area contributed by atoms with Crippen LogP contribution in [0.1, 0.15) is 12.0 Å². The van der Waals surface area contributed by atoms with Crippen LogP contribution in [-0.2, 0) is 0 Å². The molecule has 1 heterocycles. The van der Waals surface area contributed by atoms with Gasteiger partial charge in [-0.05, 0) is 30.2 Å². The summed E-state index contributed by atoms with van der Waals surface area (Å²) in [6, 6.07) is 8.57. The summed E-state index contributed by atoms with van der Waals surface area (Å²) in [5.41, 5.74) is 1.42. The monoisotopic (exact) mass is 149 g/mol. The summed E-state index contributed by atoms with van der Waals surface area (Å²) >= 11 is 1.96. The van der Waals surface area contributed by atoms with Crippen LogP contribution in [0.2, 0.25) is 0 Å². The van der Waals surface area contributed by atoms with E-state index in [1.54, 1.807) is 0 Å². The topological polar surface area (TPSA) is 0 Å². The zero-order valence-corrected chi connectivity index (χ0v) is 6.53. The third-order valence-electron chi connectivity index (χ3n) is 1.66. The van der Waals surface area contributed by atoms with Crippen molar-refractivity contribution in [1.29, 1.82) is 0 Å². The van der Waals surface area contributed by atoms with Crippen molar-refractivity contribution in [3.8, 4) is 0 Å². The highest BCUT2D eigenvalue weighted by Gasteiger charge is 2.06. The highest BCUT2D eigenvalue weighted by Crippen LogP contribution is 2.30. The Morgan fingerprint density at radius 3 is 3.00 bits per heavy atom. The van der Waals surface area contributed by atoms with Crippen LogP contribution in [0.4, 0.5) is 0 Å². The van der Waals surface area contributed by atoms with Crippen molar-refractivity contribution in [2.24, 2.45) is 0 Å². The Kier molecular flexibility index (Phi) is 1.68. The van der Waals surface area contributed by atoms with Gasteiger partial charge >= 0.3 is 0 Å². The molecule has 1 aromatic carbocycles. The summed E-state index contributed by atoms with van der Waals surface area (Å²) in [5.74, 6) is 1.25. The molecular weight excluding hydrogens is 140 g/mol. The Hall–Kier alpha value is -0.430. The number of hydrogen-bond donors (Lipinski definition) is 0.